The molecule has 0 aliphatic heterocycles. The summed E-state index contributed by atoms with van der Waals surface area (Å²) in [5.74, 6) is -2.12. The average molecular weight is 445 g/mol. The third kappa shape index (κ3) is 5.84. The van der Waals surface area contributed by atoms with Gasteiger partial charge in [0, 0.05) is 19.0 Å². The molecular weight excluding hydrogens is 422 g/mol. The second-order valence-electron chi connectivity index (χ2n) is 7.30. The van der Waals surface area contributed by atoms with Gasteiger partial charge in [0.1, 0.15) is 5.82 Å². The van der Waals surface area contributed by atoms with Crippen molar-refractivity contribution in [2.24, 2.45) is 0 Å². The smallest absolute Gasteiger partial charge is 0.416 e. The van der Waals surface area contributed by atoms with Gasteiger partial charge in [-0.2, -0.15) is 18.2 Å². The predicted molar refractivity (Wildman–Crippen MR) is 106 cm³/mol. The Hall–Kier alpha value is -2.36. The lowest BCUT2D eigenvalue weighted by molar-refractivity contribution is -0.137. The number of alkyl halides is 3. The van der Waals surface area contributed by atoms with Gasteiger partial charge in [-0.1, -0.05) is 37.0 Å². The second-order valence-corrected chi connectivity index (χ2v) is 8.38. The number of hydrogen-bond donors (Lipinski definition) is 3. The largest absolute Gasteiger partial charge is 0.492 e. The standard InChI is InChI=1S/C20H23F4N3O2S/c21-15-8-7-12(20(22,23)24)11-14(15)17(28)25-10-9-16-18(29)27-19(30-16)26-13-5-3-1-2-4-6-13/h7-8,11,13,29H,1-6,9-10H2,(H,25,28)(H,26,27). The number of benzene rings is 1. The lowest BCUT2D eigenvalue weighted by Gasteiger charge is -2.14. The number of aromatic hydroxyl groups is 1. The lowest BCUT2D eigenvalue weighted by Crippen LogP contribution is -2.27. The molecule has 5 nitrogen and oxygen atoms in total. The highest BCUT2D eigenvalue weighted by atomic mass is 32.1. The summed E-state index contributed by atoms with van der Waals surface area (Å²) in [6, 6.07) is 2.01. The van der Waals surface area contributed by atoms with Crippen molar-refractivity contribution < 1.29 is 27.5 Å². The third-order valence-electron chi connectivity index (χ3n) is 5.04. The maximum Gasteiger partial charge on any atom is 0.416 e. The molecule has 3 N–H and O–H groups in total. The molecule has 30 heavy (non-hydrogen) atoms. The number of hydrogen-bond acceptors (Lipinski definition) is 5. The molecule has 0 unspecified atom stereocenters. The predicted octanol–water partition coefficient (Wildman–Crippen LogP) is 5.11. The third-order valence-corrected chi connectivity index (χ3v) is 6.07. The van der Waals surface area contributed by atoms with Crippen molar-refractivity contribution in [3.8, 4) is 5.88 Å². The number of nitrogens with one attached hydrogen (secondary N) is 2. The molecule has 10 heteroatoms. The van der Waals surface area contributed by atoms with Crippen LogP contribution in [0, 0.1) is 5.82 Å². The van der Waals surface area contributed by atoms with Gasteiger partial charge in [0.15, 0.2) is 5.13 Å². The van der Waals surface area contributed by atoms with E-state index in [4.69, 9.17) is 0 Å². The highest BCUT2D eigenvalue weighted by Crippen LogP contribution is 2.31. The molecule has 1 fully saturated rings. The normalized spacial score (nSPS) is 15.6. The SMILES string of the molecule is O=C(NCCc1sc(NC2CCCCCC2)nc1O)c1cc(C(F)(F)F)ccc1F. The molecule has 0 atom stereocenters. The quantitative estimate of drug-likeness (QED) is 0.427. The summed E-state index contributed by atoms with van der Waals surface area (Å²) < 4.78 is 52.1. The Morgan fingerprint density at radius 1 is 1.20 bits per heavy atom. The summed E-state index contributed by atoms with van der Waals surface area (Å²) in [7, 11) is 0. The first kappa shape index (κ1) is 22.3. The van der Waals surface area contributed by atoms with E-state index in [1.54, 1.807) is 0 Å². The minimum Gasteiger partial charge on any atom is -0.492 e. The zero-order valence-electron chi connectivity index (χ0n) is 16.2. The van der Waals surface area contributed by atoms with Crippen molar-refractivity contribution in [3.63, 3.8) is 0 Å². The molecule has 1 heterocycles. The number of aromatic nitrogens is 1. The molecule has 0 spiro atoms. The average Bonchev–Trinajstić information content (AvgIpc) is 2.86. The van der Waals surface area contributed by atoms with Crippen LogP contribution in [-0.4, -0.2) is 28.6 Å². The van der Waals surface area contributed by atoms with Crippen molar-refractivity contribution >= 4 is 22.4 Å². The fourth-order valence-corrected chi connectivity index (χ4v) is 4.36. The lowest BCUT2D eigenvalue weighted by atomic mass is 10.1. The number of amides is 1. The summed E-state index contributed by atoms with van der Waals surface area (Å²) in [4.78, 5) is 16.8. The van der Waals surface area contributed by atoms with E-state index in [9.17, 15) is 27.5 Å². The Balaban J connectivity index is 1.56. The van der Waals surface area contributed by atoms with Crippen LogP contribution >= 0.6 is 11.3 Å². The maximum atomic E-state index is 13.8. The molecule has 1 saturated carbocycles. The Morgan fingerprint density at radius 3 is 2.57 bits per heavy atom. The molecule has 2 aromatic rings. The van der Waals surface area contributed by atoms with E-state index >= 15 is 0 Å². The summed E-state index contributed by atoms with van der Waals surface area (Å²) in [6.07, 6.45) is 2.40. The first-order chi connectivity index (χ1) is 14.2. The Bertz CT molecular complexity index is 877. The van der Waals surface area contributed by atoms with Crippen molar-refractivity contribution in [3.05, 3.63) is 40.0 Å². The van der Waals surface area contributed by atoms with Gasteiger partial charge in [-0.3, -0.25) is 4.79 Å². The van der Waals surface area contributed by atoms with Crippen LogP contribution in [0.5, 0.6) is 5.88 Å². The summed E-state index contributed by atoms with van der Waals surface area (Å²) in [6.45, 7) is 0.0210. The number of anilines is 1. The van der Waals surface area contributed by atoms with Gasteiger partial charge >= 0.3 is 6.18 Å². The first-order valence-electron chi connectivity index (χ1n) is 9.84. The monoisotopic (exact) mass is 445 g/mol. The van der Waals surface area contributed by atoms with E-state index in [-0.39, 0.29) is 18.8 Å². The van der Waals surface area contributed by atoms with Gasteiger partial charge in [-0.15, -0.1) is 0 Å². The Labute approximate surface area is 175 Å². The Kier molecular flexibility index (Phi) is 7.17. The van der Waals surface area contributed by atoms with Crippen molar-refractivity contribution in [1.29, 1.82) is 0 Å². The van der Waals surface area contributed by atoms with E-state index in [1.807, 2.05) is 0 Å². The number of rotatable bonds is 6. The molecule has 3 rings (SSSR count). The fourth-order valence-electron chi connectivity index (χ4n) is 3.43. The van der Waals surface area contributed by atoms with Crippen LogP contribution in [0.3, 0.4) is 0 Å². The van der Waals surface area contributed by atoms with Crippen molar-refractivity contribution in [1.82, 2.24) is 10.3 Å². The molecule has 0 radical (unpaired) electrons. The zero-order chi connectivity index (χ0) is 21.7. The Morgan fingerprint density at radius 2 is 1.90 bits per heavy atom. The number of halogens is 4. The minimum absolute atomic E-state index is 0.0210. The van der Waals surface area contributed by atoms with Gasteiger partial charge in [0.05, 0.1) is 16.0 Å². The summed E-state index contributed by atoms with van der Waals surface area (Å²) in [5.41, 5.74) is -1.77. The fraction of sp³-hybridized carbons (Fsp3) is 0.500. The van der Waals surface area contributed by atoms with Gasteiger partial charge in [0.25, 0.3) is 5.91 Å². The van der Waals surface area contributed by atoms with Crippen molar-refractivity contribution in [2.75, 3.05) is 11.9 Å². The van der Waals surface area contributed by atoms with Gasteiger partial charge in [-0.05, 0) is 31.0 Å². The van der Waals surface area contributed by atoms with Crippen LogP contribution in [0.15, 0.2) is 18.2 Å². The van der Waals surface area contributed by atoms with Gasteiger partial charge in [-0.25, -0.2) is 4.39 Å². The molecule has 1 aliphatic carbocycles. The molecule has 164 valence electrons. The molecule has 1 aromatic carbocycles. The molecule has 0 bridgehead atoms. The van der Waals surface area contributed by atoms with Gasteiger partial charge in [0.2, 0.25) is 5.88 Å². The molecule has 1 amide bonds. The van der Waals surface area contributed by atoms with Crippen LogP contribution in [0.2, 0.25) is 0 Å². The van der Waals surface area contributed by atoms with Crippen molar-refractivity contribution in [2.45, 2.75) is 57.2 Å². The van der Waals surface area contributed by atoms with E-state index < -0.39 is 29.0 Å². The maximum absolute atomic E-state index is 13.8. The highest BCUT2D eigenvalue weighted by Gasteiger charge is 2.32. The molecule has 1 aromatic heterocycles. The first-order valence-corrected chi connectivity index (χ1v) is 10.7. The van der Waals surface area contributed by atoms with E-state index in [1.165, 1.54) is 24.2 Å². The van der Waals surface area contributed by atoms with Crippen LogP contribution in [0.4, 0.5) is 22.7 Å². The van der Waals surface area contributed by atoms with E-state index in [0.29, 0.717) is 34.2 Å². The number of nitrogens with zero attached hydrogens (tertiary/aromatic N) is 1. The van der Waals surface area contributed by atoms with Crippen LogP contribution in [-0.2, 0) is 12.6 Å². The minimum atomic E-state index is -4.67. The highest BCUT2D eigenvalue weighted by molar-refractivity contribution is 7.15. The van der Waals surface area contributed by atoms with Crippen LogP contribution in [0.1, 0.15) is 59.3 Å². The summed E-state index contributed by atoms with van der Waals surface area (Å²) in [5, 5.41) is 16.4. The van der Waals surface area contributed by atoms with E-state index in [0.717, 1.165) is 25.7 Å². The van der Waals surface area contributed by atoms with Gasteiger partial charge < -0.3 is 15.7 Å². The number of thiazole rings is 1. The number of carbonyl (C=O) groups is 1. The van der Waals surface area contributed by atoms with Crippen LogP contribution in [0.25, 0.3) is 0 Å². The molecular formula is C20H23F4N3O2S. The topological polar surface area (TPSA) is 74.2 Å². The summed E-state index contributed by atoms with van der Waals surface area (Å²) >= 11 is 1.27. The van der Waals surface area contributed by atoms with E-state index in [2.05, 4.69) is 15.6 Å². The van der Waals surface area contributed by atoms with Crippen LogP contribution < -0.4 is 10.6 Å². The molecule has 1 aliphatic rings. The second kappa shape index (κ2) is 9.63. The number of carbonyl (C=O) groups excluding carboxylic acids is 1. The molecule has 0 saturated heterocycles. The zero-order valence-corrected chi connectivity index (χ0v) is 17.0.